The van der Waals surface area contributed by atoms with Crippen molar-refractivity contribution in [1.29, 1.82) is 0 Å². The van der Waals surface area contributed by atoms with Gasteiger partial charge < -0.3 is 19.7 Å². The maximum absolute atomic E-state index is 12.3. The van der Waals surface area contributed by atoms with Gasteiger partial charge in [-0.15, -0.1) is 0 Å². The lowest BCUT2D eigenvalue weighted by molar-refractivity contribution is 0.0526. The number of nitrogens with zero attached hydrogens (tertiary/aromatic N) is 3. The number of pyridine rings is 1. The van der Waals surface area contributed by atoms with Gasteiger partial charge in [0, 0.05) is 12.2 Å². The Labute approximate surface area is 186 Å². The molecule has 0 radical (unpaired) electrons. The molecule has 0 aliphatic rings. The number of imidazole rings is 1. The number of anilines is 1. The van der Waals surface area contributed by atoms with E-state index in [4.69, 9.17) is 9.72 Å². The van der Waals surface area contributed by atoms with E-state index in [0.29, 0.717) is 36.9 Å². The Kier molecular flexibility index (Phi) is 6.35. The maximum atomic E-state index is 12.3. The lowest BCUT2D eigenvalue weighted by atomic mass is 10.1. The fraction of sp³-hybridized carbons (Fsp3) is 0.240. The van der Waals surface area contributed by atoms with Gasteiger partial charge in [0.05, 0.1) is 29.7 Å². The first-order valence-electron chi connectivity index (χ1n) is 10.7. The van der Waals surface area contributed by atoms with E-state index >= 15 is 0 Å². The standard InChI is InChI=1S/C25H26N4O3/c1-3-32-24(31)19-10-11-20-22(15-19)29(16-21-23(30)12-9-17(2)27-21)25(28-20)26-14-13-18-7-5-4-6-8-18/h4-12,15,30H,3,13-14,16H2,1-2H3,(H,26,28). The molecule has 0 amide bonds. The fourth-order valence-corrected chi connectivity index (χ4v) is 3.59. The third kappa shape index (κ3) is 4.72. The molecule has 0 unspecified atom stereocenters. The molecule has 4 rings (SSSR count). The van der Waals surface area contributed by atoms with Crippen LogP contribution in [0.3, 0.4) is 0 Å². The number of benzene rings is 2. The molecule has 0 aliphatic carbocycles. The van der Waals surface area contributed by atoms with E-state index in [9.17, 15) is 9.90 Å². The molecule has 2 heterocycles. The second-order valence-electron chi connectivity index (χ2n) is 7.53. The first-order valence-corrected chi connectivity index (χ1v) is 10.7. The van der Waals surface area contributed by atoms with Crippen molar-refractivity contribution in [1.82, 2.24) is 14.5 Å². The Bertz CT molecular complexity index is 1230. The van der Waals surface area contributed by atoms with E-state index < -0.39 is 0 Å². The molecule has 0 spiro atoms. The van der Waals surface area contributed by atoms with Gasteiger partial charge in [0.2, 0.25) is 5.95 Å². The van der Waals surface area contributed by atoms with Gasteiger partial charge in [-0.05, 0) is 56.2 Å². The van der Waals surface area contributed by atoms with Crippen molar-refractivity contribution < 1.29 is 14.6 Å². The van der Waals surface area contributed by atoms with E-state index in [2.05, 4.69) is 22.4 Å². The molecular formula is C25H26N4O3. The monoisotopic (exact) mass is 430 g/mol. The number of esters is 1. The molecule has 0 saturated carbocycles. The van der Waals surface area contributed by atoms with Gasteiger partial charge in [-0.2, -0.15) is 0 Å². The van der Waals surface area contributed by atoms with E-state index in [0.717, 1.165) is 23.1 Å². The third-order valence-electron chi connectivity index (χ3n) is 5.20. The normalized spacial score (nSPS) is 10.9. The smallest absolute Gasteiger partial charge is 0.338 e. The van der Waals surface area contributed by atoms with Crippen LogP contribution in [-0.4, -0.2) is 38.8 Å². The van der Waals surface area contributed by atoms with Crippen molar-refractivity contribution in [3.8, 4) is 5.75 Å². The lowest BCUT2D eigenvalue weighted by Gasteiger charge is -2.12. The van der Waals surface area contributed by atoms with Gasteiger partial charge in [-0.25, -0.2) is 9.78 Å². The highest BCUT2D eigenvalue weighted by molar-refractivity contribution is 5.94. The minimum Gasteiger partial charge on any atom is -0.506 e. The van der Waals surface area contributed by atoms with Crippen LogP contribution in [-0.2, 0) is 17.7 Å². The quantitative estimate of drug-likeness (QED) is 0.405. The maximum Gasteiger partial charge on any atom is 0.338 e. The number of carbonyl (C=O) groups excluding carboxylic acids is 1. The number of ether oxygens (including phenoxy) is 1. The Balaban J connectivity index is 1.69. The molecule has 0 bridgehead atoms. The van der Waals surface area contributed by atoms with Crippen LogP contribution in [0.2, 0.25) is 0 Å². The molecule has 2 aromatic heterocycles. The molecule has 32 heavy (non-hydrogen) atoms. The minimum absolute atomic E-state index is 0.120. The molecule has 7 heteroatoms. The van der Waals surface area contributed by atoms with Crippen LogP contribution in [0.4, 0.5) is 5.95 Å². The largest absolute Gasteiger partial charge is 0.506 e. The number of nitrogens with one attached hydrogen (secondary N) is 1. The summed E-state index contributed by atoms with van der Waals surface area (Å²) in [5.74, 6) is 0.395. The number of aromatic nitrogens is 3. The summed E-state index contributed by atoms with van der Waals surface area (Å²) in [5, 5.41) is 13.7. The SMILES string of the molecule is CCOC(=O)c1ccc2nc(NCCc3ccccc3)n(Cc3nc(C)ccc3O)c2c1. The van der Waals surface area contributed by atoms with Crippen molar-refractivity contribution >= 4 is 23.0 Å². The van der Waals surface area contributed by atoms with Gasteiger partial charge in [-0.1, -0.05) is 30.3 Å². The zero-order valence-corrected chi connectivity index (χ0v) is 18.2. The Morgan fingerprint density at radius 2 is 1.91 bits per heavy atom. The van der Waals surface area contributed by atoms with Crippen LogP contribution < -0.4 is 5.32 Å². The number of carbonyl (C=O) groups is 1. The van der Waals surface area contributed by atoms with Crippen molar-refractivity contribution in [2.75, 3.05) is 18.5 Å². The van der Waals surface area contributed by atoms with Crippen molar-refractivity contribution in [3.63, 3.8) is 0 Å². The van der Waals surface area contributed by atoms with Gasteiger partial charge in [0.25, 0.3) is 0 Å². The average molecular weight is 431 g/mol. The van der Waals surface area contributed by atoms with E-state index in [1.54, 1.807) is 31.2 Å². The van der Waals surface area contributed by atoms with Crippen LogP contribution in [0.25, 0.3) is 11.0 Å². The van der Waals surface area contributed by atoms with Gasteiger partial charge >= 0.3 is 5.97 Å². The molecule has 0 aliphatic heterocycles. The van der Waals surface area contributed by atoms with E-state index in [1.807, 2.05) is 35.8 Å². The van der Waals surface area contributed by atoms with Crippen molar-refractivity contribution in [2.45, 2.75) is 26.8 Å². The van der Waals surface area contributed by atoms with Crippen LogP contribution in [0.15, 0.2) is 60.7 Å². The summed E-state index contributed by atoms with van der Waals surface area (Å²) in [6, 6.07) is 18.9. The zero-order valence-electron chi connectivity index (χ0n) is 18.2. The van der Waals surface area contributed by atoms with Crippen LogP contribution >= 0.6 is 0 Å². The number of hydrogen-bond donors (Lipinski definition) is 2. The summed E-state index contributed by atoms with van der Waals surface area (Å²) < 4.78 is 7.09. The predicted octanol–water partition coefficient (Wildman–Crippen LogP) is 4.32. The second kappa shape index (κ2) is 9.51. The predicted molar refractivity (Wildman–Crippen MR) is 124 cm³/mol. The number of aryl methyl sites for hydroxylation is 1. The first kappa shape index (κ1) is 21.4. The number of fused-ring (bicyclic) bond motifs is 1. The van der Waals surface area contributed by atoms with Crippen LogP contribution in [0.1, 0.15) is 34.2 Å². The third-order valence-corrected chi connectivity index (χ3v) is 5.20. The molecule has 4 aromatic rings. The second-order valence-corrected chi connectivity index (χ2v) is 7.53. The summed E-state index contributed by atoms with van der Waals surface area (Å²) in [7, 11) is 0. The van der Waals surface area contributed by atoms with Gasteiger partial charge in [0.1, 0.15) is 11.4 Å². The Morgan fingerprint density at radius 1 is 1.09 bits per heavy atom. The number of hydrogen-bond acceptors (Lipinski definition) is 6. The van der Waals surface area contributed by atoms with Crippen molar-refractivity contribution in [3.05, 3.63) is 83.2 Å². The molecule has 0 saturated heterocycles. The average Bonchev–Trinajstić information content (AvgIpc) is 3.13. The Morgan fingerprint density at radius 3 is 2.69 bits per heavy atom. The fourth-order valence-electron chi connectivity index (χ4n) is 3.59. The summed E-state index contributed by atoms with van der Waals surface area (Å²) >= 11 is 0. The van der Waals surface area contributed by atoms with Gasteiger partial charge in [-0.3, -0.25) is 4.98 Å². The molecular weight excluding hydrogens is 404 g/mol. The molecule has 2 aromatic carbocycles. The zero-order chi connectivity index (χ0) is 22.5. The topological polar surface area (TPSA) is 89.3 Å². The number of aromatic hydroxyl groups is 1. The highest BCUT2D eigenvalue weighted by atomic mass is 16.5. The molecule has 0 fully saturated rings. The first-order chi connectivity index (χ1) is 15.5. The van der Waals surface area contributed by atoms with Crippen LogP contribution in [0.5, 0.6) is 5.75 Å². The van der Waals surface area contributed by atoms with Crippen LogP contribution in [0, 0.1) is 6.92 Å². The number of rotatable bonds is 8. The summed E-state index contributed by atoms with van der Waals surface area (Å²) in [6.07, 6.45) is 0.839. The molecule has 7 nitrogen and oxygen atoms in total. The molecule has 0 atom stereocenters. The lowest BCUT2D eigenvalue weighted by Crippen LogP contribution is -2.12. The van der Waals surface area contributed by atoms with Gasteiger partial charge in [0.15, 0.2) is 0 Å². The van der Waals surface area contributed by atoms with Crippen molar-refractivity contribution in [2.24, 2.45) is 0 Å². The molecule has 164 valence electrons. The summed E-state index contributed by atoms with van der Waals surface area (Å²) in [4.78, 5) is 21.5. The minimum atomic E-state index is -0.378. The van der Waals surface area contributed by atoms with E-state index in [1.165, 1.54) is 5.56 Å². The summed E-state index contributed by atoms with van der Waals surface area (Å²) in [5.41, 5.74) is 4.54. The Hall–Kier alpha value is -3.87. The summed E-state index contributed by atoms with van der Waals surface area (Å²) in [6.45, 7) is 4.97. The molecule has 2 N–H and O–H groups in total. The highest BCUT2D eigenvalue weighted by Crippen LogP contribution is 2.25. The van der Waals surface area contributed by atoms with E-state index in [-0.39, 0.29) is 11.7 Å². The highest BCUT2D eigenvalue weighted by Gasteiger charge is 2.16.